The summed E-state index contributed by atoms with van der Waals surface area (Å²) in [4.78, 5) is 28.8. The van der Waals surface area contributed by atoms with Crippen molar-refractivity contribution in [2.24, 2.45) is 12.0 Å². The summed E-state index contributed by atoms with van der Waals surface area (Å²) in [5.74, 6) is 0.330. The summed E-state index contributed by atoms with van der Waals surface area (Å²) in [5, 5.41) is 0. The number of rotatable bonds is 6. The Labute approximate surface area is 173 Å². The van der Waals surface area contributed by atoms with Gasteiger partial charge < -0.3 is 14.2 Å². The van der Waals surface area contributed by atoms with Crippen LogP contribution in [0.1, 0.15) is 18.2 Å². The normalized spacial score (nSPS) is 11.0. The zero-order chi connectivity index (χ0) is 21.8. The van der Waals surface area contributed by atoms with Crippen molar-refractivity contribution >= 4 is 17.9 Å². The molecule has 0 aliphatic rings. The Hall–Kier alpha value is -3.81. The lowest BCUT2D eigenvalue weighted by Gasteiger charge is -2.13. The number of nitrogens with zero attached hydrogens (tertiary/aromatic N) is 3. The highest BCUT2D eigenvalue weighted by molar-refractivity contribution is 5.85. The molecule has 0 amide bonds. The number of hydrogen-bond acceptors (Lipinski definition) is 6. The van der Waals surface area contributed by atoms with Crippen LogP contribution in [0.15, 0.2) is 52.3 Å². The fourth-order valence-corrected chi connectivity index (χ4v) is 3.06. The molecule has 8 nitrogen and oxygen atoms in total. The first-order chi connectivity index (χ1) is 14.4. The molecule has 8 heteroatoms. The van der Waals surface area contributed by atoms with Gasteiger partial charge in [0.25, 0.3) is 5.56 Å². The molecule has 0 spiro atoms. The van der Waals surface area contributed by atoms with Gasteiger partial charge in [-0.2, -0.15) is 0 Å². The number of esters is 1. The predicted octanol–water partition coefficient (Wildman–Crippen LogP) is 3.18. The molecule has 0 aliphatic carbocycles. The molecule has 156 valence electrons. The maximum Gasteiger partial charge on any atom is 0.308 e. The van der Waals surface area contributed by atoms with Crippen molar-refractivity contribution in [3.63, 3.8) is 0 Å². The Morgan fingerprint density at radius 3 is 2.20 bits per heavy atom. The molecular formula is C22H23N3O5. The molecule has 2 aromatic carbocycles. The number of para-hydroxylation sites is 1. The van der Waals surface area contributed by atoms with Crippen molar-refractivity contribution in [2.45, 2.75) is 13.8 Å². The minimum atomic E-state index is -0.491. The standard InChI is InChI=1S/C22H23N3O5/c1-14-20(22(27)25(24(14)3)17-9-7-6-8-10-17)23-13-16-11-18(28-4)21(30-15(2)26)19(12-16)29-5/h6-13H,1-5H3. The second-order valence-electron chi connectivity index (χ2n) is 6.52. The van der Waals surface area contributed by atoms with Gasteiger partial charge in [-0.25, -0.2) is 9.67 Å². The van der Waals surface area contributed by atoms with Crippen LogP contribution in [0.5, 0.6) is 17.2 Å². The van der Waals surface area contributed by atoms with Gasteiger partial charge in [-0.05, 0) is 31.2 Å². The van der Waals surface area contributed by atoms with Gasteiger partial charge in [-0.15, -0.1) is 0 Å². The van der Waals surface area contributed by atoms with E-state index < -0.39 is 5.97 Å². The fourth-order valence-electron chi connectivity index (χ4n) is 3.06. The van der Waals surface area contributed by atoms with Gasteiger partial charge in [-0.3, -0.25) is 14.3 Å². The zero-order valence-electron chi connectivity index (χ0n) is 17.5. The third kappa shape index (κ3) is 3.98. The molecule has 0 unspecified atom stereocenters. The molecule has 0 aliphatic heterocycles. The minimum Gasteiger partial charge on any atom is -0.493 e. The second kappa shape index (κ2) is 8.69. The highest BCUT2D eigenvalue weighted by Crippen LogP contribution is 2.38. The van der Waals surface area contributed by atoms with E-state index in [2.05, 4.69) is 4.99 Å². The van der Waals surface area contributed by atoms with Crippen LogP contribution in [0.4, 0.5) is 5.69 Å². The van der Waals surface area contributed by atoms with Crippen molar-refractivity contribution < 1.29 is 19.0 Å². The molecule has 0 radical (unpaired) electrons. The van der Waals surface area contributed by atoms with Crippen LogP contribution in [0.2, 0.25) is 0 Å². The van der Waals surface area contributed by atoms with E-state index in [4.69, 9.17) is 14.2 Å². The van der Waals surface area contributed by atoms with Crippen LogP contribution in [0, 0.1) is 6.92 Å². The molecule has 0 saturated heterocycles. The summed E-state index contributed by atoms with van der Waals surface area (Å²) in [6.45, 7) is 3.13. The molecule has 30 heavy (non-hydrogen) atoms. The van der Waals surface area contributed by atoms with Crippen LogP contribution >= 0.6 is 0 Å². The second-order valence-corrected chi connectivity index (χ2v) is 6.52. The molecule has 0 N–H and O–H groups in total. The number of carbonyl (C=O) groups is 1. The molecule has 3 aromatic rings. The quantitative estimate of drug-likeness (QED) is 0.355. The van der Waals surface area contributed by atoms with Crippen LogP contribution in [-0.2, 0) is 11.8 Å². The Kier molecular flexibility index (Phi) is 6.06. The molecule has 3 rings (SSSR count). The van der Waals surface area contributed by atoms with E-state index >= 15 is 0 Å². The first kappa shape index (κ1) is 20.9. The average molecular weight is 409 g/mol. The number of carbonyl (C=O) groups excluding carboxylic acids is 1. The topological polar surface area (TPSA) is 84.1 Å². The highest BCUT2D eigenvalue weighted by atomic mass is 16.6. The van der Waals surface area contributed by atoms with Gasteiger partial charge in [0, 0.05) is 25.7 Å². The van der Waals surface area contributed by atoms with Gasteiger partial charge in [0.2, 0.25) is 5.75 Å². The summed E-state index contributed by atoms with van der Waals surface area (Å²) in [5.41, 5.74) is 2.18. The van der Waals surface area contributed by atoms with Crippen LogP contribution < -0.4 is 19.8 Å². The number of aliphatic imine (C=N–C) groups is 1. The Morgan fingerprint density at radius 1 is 1.07 bits per heavy atom. The number of methoxy groups -OCH3 is 2. The molecular weight excluding hydrogens is 386 g/mol. The van der Waals surface area contributed by atoms with Crippen molar-refractivity contribution in [1.29, 1.82) is 0 Å². The monoisotopic (exact) mass is 409 g/mol. The average Bonchev–Trinajstić information content (AvgIpc) is 2.95. The van der Waals surface area contributed by atoms with E-state index in [0.29, 0.717) is 22.7 Å². The van der Waals surface area contributed by atoms with E-state index in [0.717, 1.165) is 11.4 Å². The highest BCUT2D eigenvalue weighted by Gasteiger charge is 2.17. The number of hydrogen-bond donors (Lipinski definition) is 0. The Balaban J connectivity index is 2.05. The van der Waals surface area contributed by atoms with Gasteiger partial charge in [0.1, 0.15) is 0 Å². The van der Waals surface area contributed by atoms with Gasteiger partial charge in [0.15, 0.2) is 17.2 Å². The zero-order valence-corrected chi connectivity index (χ0v) is 17.5. The molecule has 1 heterocycles. The third-order valence-electron chi connectivity index (χ3n) is 4.60. The van der Waals surface area contributed by atoms with Crippen molar-refractivity contribution in [3.8, 4) is 22.9 Å². The SMILES string of the molecule is COc1cc(C=Nc2c(C)n(C)n(-c3ccccc3)c2=O)cc(OC)c1OC(C)=O. The summed E-state index contributed by atoms with van der Waals surface area (Å²) in [6.07, 6.45) is 1.54. The van der Waals surface area contributed by atoms with Crippen molar-refractivity contribution in [1.82, 2.24) is 9.36 Å². The molecule has 0 fully saturated rings. The first-order valence-corrected chi connectivity index (χ1v) is 9.20. The maximum atomic E-state index is 13.0. The minimum absolute atomic E-state index is 0.187. The van der Waals surface area contributed by atoms with E-state index in [-0.39, 0.29) is 11.3 Å². The number of benzene rings is 2. The fraction of sp³-hybridized carbons (Fsp3) is 0.227. The third-order valence-corrected chi connectivity index (χ3v) is 4.60. The predicted molar refractivity (Wildman–Crippen MR) is 114 cm³/mol. The van der Waals surface area contributed by atoms with Gasteiger partial charge >= 0.3 is 5.97 Å². The molecule has 1 aromatic heterocycles. The van der Waals surface area contributed by atoms with Gasteiger partial charge in [-0.1, -0.05) is 18.2 Å². The molecule has 0 bridgehead atoms. The van der Waals surface area contributed by atoms with Crippen LogP contribution in [0.3, 0.4) is 0 Å². The lowest BCUT2D eigenvalue weighted by atomic mass is 10.2. The summed E-state index contributed by atoms with van der Waals surface area (Å²) in [6, 6.07) is 12.7. The van der Waals surface area contributed by atoms with Crippen molar-refractivity contribution in [2.75, 3.05) is 14.2 Å². The lowest BCUT2D eigenvalue weighted by molar-refractivity contribution is -0.132. The molecule has 0 saturated carbocycles. The van der Waals surface area contributed by atoms with E-state index in [1.807, 2.05) is 44.3 Å². The lowest BCUT2D eigenvalue weighted by Crippen LogP contribution is -2.19. The largest absolute Gasteiger partial charge is 0.493 e. The van der Waals surface area contributed by atoms with Gasteiger partial charge in [0.05, 0.1) is 25.6 Å². The number of aromatic nitrogens is 2. The Bertz CT molecular complexity index is 1130. The first-order valence-electron chi connectivity index (χ1n) is 9.20. The van der Waals surface area contributed by atoms with Crippen LogP contribution in [0.25, 0.3) is 5.69 Å². The smallest absolute Gasteiger partial charge is 0.308 e. The molecule has 0 atom stereocenters. The van der Waals surface area contributed by atoms with Crippen LogP contribution in [-0.4, -0.2) is 35.8 Å². The van der Waals surface area contributed by atoms with E-state index in [1.165, 1.54) is 21.1 Å². The summed E-state index contributed by atoms with van der Waals surface area (Å²) >= 11 is 0. The number of ether oxygens (including phenoxy) is 3. The Morgan fingerprint density at radius 2 is 1.67 bits per heavy atom. The maximum absolute atomic E-state index is 13.0. The summed E-state index contributed by atoms with van der Waals surface area (Å²) < 4.78 is 19.2. The summed E-state index contributed by atoms with van der Waals surface area (Å²) in [7, 11) is 4.73. The van der Waals surface area contributed by atoms with E-state index in [1.54, 1.807) is 27.7 Å². The van der Waals surface area contributed by atoms with Crippen molar-refractivity contribution in [3.05, 3.63) is 64.1 Å². The van der Waals surface area contributed by atoms with E-state index in [9.17, 15) is 9.59 Å².